The van der Waals surface area contributed by atoms with Crippen molar-refractivity contribution >= 4 is 20.1 Å². The second-order valence-electron chi connectivity index (χ2n) is 3.06. The summed E-state index contributed by atoms with van der Waals surface area (Å²) in [6, 6.07) is 0. The van der Waals surface area contributed by atoms with Gasteiger partial charge >= 0.3 is 66.0 Å². The molecular formula is C8H18B2. The molecule has 0 rings (SSSR count). The van der Waals surface area contributed by atoms with Crippen LogP contribution in [0.4, 0.5) is 0 Å². The van der Waals surface area contributed by atoms with Crippen LogP contribution >= 0.6 is 0 Å². The van der Waals surface area contributed by atoms with Crippen LogP contribution in [0.3, 0.4) is 0 Å². The first kappa shape index (κ1) is 10.00. The van der Waals surface area contributed by atoms with Crippen molar-refractivity contribution in [3.05, 3.63) is 0 Å². The van der Waals surface area contributed by atoms with E-state index in [0.29, 0.717) is 0 Å². The van der Waals surface area contributed by atoms with Gasteiger partial charge in [-0.15, -0.1) is 0 Å². The van der Waals surface area contributed by atoms with Gasteiger partial charge in [0.25, 0.3) is 0 Å². The van der Waals surface area contributed by atoms with E-state index in [1.165, 1.54) is 24.6 Å². The number of hydrogen-bond acceptors (Lipinski definition) is 0. The van der Waals surface area contributed by atoms with Crippen LogP contribution in [0.25, 0.3) is 0 Å². The normalized spacial score (nSPS) is 12.6. The molecule has 0 fully saturated rings. The predicted octanol–water partition coefficient (Wildman–Crippen LogP) is 1.33. The Morgan fingerprint density at radius 1 is 1.60 bits per heavy atom. The zero-order valence-electron chi connectivity index (χ0n) is 7.61. The zero-order valence-corrected chi connectivity index (χ0v) is 7.61. The summed E-state index contributed by atoms with van der Waals surface area (Å²) in [5, 5.41) is 1.41. The minimum atomic E-state index is 0.741. The van der Waals surface area contributed by atoms with Crippen molar-refractivity contribution in [2.75, 3.05) is 0 Å². The van der Waals surface area contributed by atoms with E-state index in [-0.39, 0.29) is 0 Å². The molecule has 0 aliphatic carbocycles. The van der Waals surface area contributed by atoms with Gasteiger partial charge in [-0.3, -0.25) is 0 Å². The molecule has 0 heterocycles. The molecule has 0 N–H and O–H groups in total. The van der Waals surface area contributed by atoms with Gasteiger partial charge in [0.15, 0.2) is 0 Å². The van der Waals surface area contributed by atoms with Crippen molar-refractivity contribution in [3.8, 4) is 0 Å². The molecule has 0 aliphatic heterocycles. The van der Waals surface area contributed by atoms with Crippen molar-refractivity contribution in [2.24, 2.45) is 5.92 Å². The zero-order chi connectivity index (χ0) is 7.98. The van der Waals surface area contributed by atoms with Crippen molar-refractivity contribution in [2.45, 2.75) is 39.9 Å². The summed E-state index contributed by atoms with van der Waals surface area (Å²) in [5.74, 6) is 0.741. The Labute approximate surface area is 66.7 Å². The van der Waals surface area contributed by atoms with Crippen LogP contribution in [0, 0.1) is 5.92 Å². The summed E-state index contributed by atoms with van der Waals surface area (Å²) in [4.78, 5) is 0. The van der Waals surface area contributed by atoms with Crippen LogP contribution < -0.4 is 0 Å². The molecule has 0 aliphatic rings. The Morgan fingerprint density at radius 2 is 2.20 bits per heavy atom. The van der Waals surface area contributed by atoms with Crippen LogP contribution in [0.15, 0.2) is 0 Å². The van der Waals surface area contributed by atoms with Crippen molar-refractivity contribution in [1.82, 2.24) is 0 Å². The van der Waals surface area contributed by atoms with E-state index in [9.17, 15) is 0 Å². The van der Waals surface area contributed by atoms with Crippen molar-refractivity contribution in [1.29, 1.82) is 0 Å². The maximum absolute atomic E-state index is 4.03. The summed E-state index contributed by atoms with van der Waals surface area (Å²) < 4.78 is 0. The van der Waals surface area contributed by atoms with E-state index < -0.39 is 0 Å². The third-order valence-electron chi connectivity index (χ3n) is 2.14. The van der Waals surface area contributed by atoms with Gasteiger partial charge in [0.05, 0.1) is 0 Å². The fourth-order valence-corrected chi connectivity index (χ4v) is 1.06. The predicted molar refractivity (Wildman–Crippen MR) is 53.9 cm³/mol. The topological polar surface area (TPSA) is 0 Å². The van der Waals surface area contributed by atoms with Gasteiger partial charge in [0, 0.05) is 0 Å². The quantitative estimate of drug-likeness (QED) is 0.500. The molecule has 2 heteroatoms. The molecule has 0 aromatic heterocycles. The summed E-state index contributed by atoms with van der Waals surface area (Å²) >= 11 is 0. The Kier molecular flexibility index (Phi) is 5.76. The Balaban J connectivity index is 3.41. The van der Waals surface area contributed by atoms with E-state index in [0.717, 1.165) is 13.2 Å². The van der Waals surface area contributed by atoms with E-state index in [2.05, 4.69) is 28.2 Å². The maximum atomic E-state index is 4.03. The molecular weight excluding hydrogens is 118 g/mol. The monoisotopic (exact) mass is 136 g/mol. The third-order valence-corrected chi connectivity index (χ3v) is 2.14. The van der Waals surface area contributed by atoms with Gasteiger partial charge in [-0.1, -0.05) is 0 Å². The second-order valence-corrected chi connectivity index (χ2v) is 3.06. The summed E-state index contributed by atoms with van der Waals surface area (Å²) in [7, 11) is 5.17. The fraction of sp³-hybridized carbons (Fsp3) is 0.875. The van der Waals surface area contributed by atoms with Crippen molar-refractivity contribution in [3.63, 3.8) is 0 Å². The molecule has 0 nitrogen and oxygen atoms in total. The molecule has 0 aromatic carbocycles. The molecule has 0 radical (unpaired) electrons. The molecule has 0 saturated carbocycles. The van der Waals surface area contributed by atoms with Gasteiger partial charge in [-0.05, 0) is 0 Å². The van der Waals surface area contributed by atoms with E-state index >= 15 is 0 Å². The van der Waals surface area contributed by atoms with Crippen molar-refractivity contribution < 1.29 is 0 Å². The third kappa shape index (κ3) is 3.92. The van der Waals surface area contributed by atoms with Gasteiger partial charge in [-0.2, -0.15) is 0 Å². The molecule has 0 amide bonds. The van der Waals surface area contributed by atoms with Crippen LogP contribution in [0.5, 0.6) is 0 Å². The summed E-state index contributed by atoms with van der Waals surface area (Å²) in [6.45, 7) is 6.70. The first-order chi connectivity index (χ1) is 4.72. The number of hydrogen-bond donors (Lipinski definition) is 0. The average molecular weight is 136 g/mol. The molecule has 0 saturated heterocycles. The van der Waals surface area contributed by atoms with E-state index in [4.69, 9.17) is 0 Å². The Morgan fingerprint density at radius 3 is 2.60 bits per heavy atom. The van der Waals surface area contributed by atoms with Gasteiger partial charge in [0.1, 0.15) is 0 Å². The molecule has 1 atom stereocenters. The second kappa shape index (κ2) is 5.76. The standard InChI is InChI=1S/C8H18B2/c1-4-5-6-7(2)8(9)10-3/h7,9-10H,4-6H2,1-3H3/t7-/m0/s1. The number of rotatable bonds is 5. The Bertz CT molecular complexity index is 99.4. The van der Waals surface area contributed by atoms with Crippen LogP contribution in [-0.2, 0) is 0 Å². The van der Waals surface area contributed by atoms with Crippen LogP contribution in [0.2, 0.25) is 6.82 Å². The first-order valence-electron chi connectivity index (χ1n) is 4.40. The molecule has 0 aromatic rings. The summed E-state index contributed by atoms with van der Waals surface area (Å²) in [5.41, 5.74) is 0. The summed E-state index contributed by atoms with van der Waals surface area (Å²) in [6.07, 6.45) is 3.98. The van der Waals surface area contributed by atoms with Gasteiger partial charge in [0.2, 0.25) is 0 Å². The molecule has 10 heavy (non-hydrogen) atoms. The first-order valence-corrected chi connectivity index (χ1v) is 4.40. The molecule has 0 bridgehead atoms. The van der Waals surface area contributed by atoms with Gasteiger partial charge < -0.3 is 0 Å². The molecule has 0 spiro atoms. The van der Waals surface area contributed by atoms with E-state index in [1.54, 1.807) is 0 Å². The average Bonchev–Trinajstić information content (AvgIpc) is 1.98. The Hall–Kier alpha value is -0.000130. The van der Waals surface area contributed by atoms with Crippen LogP contribution in [-0.4, -0.2) is 20.1 Å². The van der Waals surface area contributed by atoms with E-state index in [1.807, 2.05) is 0 Å². The molecule has 0 unspecified atom stereocenters. The fourth-order valence-electron chi connectivity index (χ4n) is 1.06. The minimum absolute atomic E-state index is 0.741. The van der Waals surface area contributed by atoms with Crippen LogP contribution in [0.1, 0.15) is 33.1 Å². The SMILES string of the molecule is B=C(BC)[C@@H](C)CCCC. The number of unbranched alkanes of at least 4 members (excludes halogenated alkanes) is 1. The molecule has 56 valence electrons. The van der Waals surface area contributed by atoms with Gasteiger partial charge in [-0.25, -0.2) is 0 Å².